The van der Waals surface area contributed by atoms with E-state index in [-0.39, 0.29) is 5.78 Å². The van der Waals surface area contributed by atoms with Crippen LogP contribution in [0.4, 0.5) is 0 Å². The van der Waals surface area contributed by atoms with Crippen molar-refractivity contribution in [1.82, 2.24) is 20.2 Å². The lowest BCUT2D eigenvalue weighted by Gasteiger charge is -2.14. The van der Waals surface area contributed by atoms with Crippen molar-refractivity contribution in [3.8, 4) is 0 Å². The molecule has 3 heterocycles. The molecule has 0 bridgehead atoms. The van der Waals surface area contributed by atoms with Crippen LogP contribution in [0.5, 0.6) is 0 Å². The molecule has 1 unspecified atom stereocenters. The molecule has 5 aromatic rings. The molecule has 2 N–H and O–H groups in total. The largest absolute Gasteiger partial charge is 0.462 e. The van der Waals surface area contributed by atoms with E-state index in [1.165, 1.54) is 11.8 Å². The third-order valence-corrected chi connectivity index (χ3v) is 6.18. The molecule has 6 nitrogen and oxygen atoms in total. The normalized spacial score (nSPS) is 12.5. The van der Waals surface area contributed by atoms with Crippen LogP contribution in [0.2, 0.25) is 0 Å². The van der Waals surface area contributed by atoms with Crippen LogP contribution in [-0.2, 0) is 0 Å². The lowest BCUT2D eigenvalue weighted by molar-refractivity contribution is 0.0991. The molecule has 158 valence electrons. The van der Waals surface area contributed by atoms with E-state index in [1.807, 2.05) is 79.7 Å². The number of furan rings is 1. The van der Waals surface area contributed by atoms with E-state index < -0.39 is 5.25 Å². The first-order chi connectivity index (χ1) is 15.7. The van der Waals surface area contributed by atoms with E-state index in [0.717, 1.165) is 28.0 Å². The Kier molecular flexibility index (Phi) is 5.47. The minimum absolute atomic E-state index is 0.00611. The predicted octanol–water partition coefficient (Wildman–Crippen LogP) is 6.07. The number of ketones is 1. The molecule has 7 heteroatoms. The van der Waals surface area contributed by atoms with Gasteiger partial charge in [0.2, 0.25) is 5.16 Å². The standard InChI is InChI=1S/C25H20N4O2S/c1-16-11-12-18(31-16)13-14-22-27-25(29-28-22)32-24(17-7-3-2-4-8-17)23(30)20-15-26-21-10-6-5-9-19(20)21/h2-15,24,26H,1H3,(H,27,28,29)/b14-13+. The zero-order valence-electron chi connectivity index (χ0n) is 17.3. The van der Waals surface area contributed by atoms with Crippen LogP contribution in [0.25, 0.3) is 23.1 Å². The topological polar surface area (TPSA) is 87.6 Å². The predicted molar refractivity (Wildman–Crippen MR) is 126 cm³/mol. The highest BCUT2D eigenvalue weighted by Crippen LogP contribution is 2.37. The van der Waals surface area contributed by atoms with Crippen molar-refractivity contribution in [3.05, 3.63) is 101 Å². The minimum Gasteiger partial charge on any atom is -0.462 e. The van der Waals surface area contributed by atoms with Crippen LogP contribution < -0.4 is 0 Å². The summed E-state index contributed by atoms with van der Waals surface area (Å²) in [5.41, 5.74) is 2.50. The maximum atomic E-state index is 13.6. The van der Waals surface area contributed by atoms with Crippen LogP contribution in [0, 0.1) is 6.92 Å². The molecule has 1 atom stereocenters. The fraction of sp³-hybridized carbons (Fsp3) is 0.0800. The summed E-state index contributed by atoms with van der Waals surface area (Å²) in [5.74, 6) is 2.18. The van der Waals surface area contributed by atoms with Gasteiger partial charge in [0.25, 0.3) is 0 Å². The fourth-order valence-electron chi connectivity index (χ4n) is 3.51. The number of aromatic nitrogens is 4. The number of thioether (sulfide) groups is 1. The first-order valence-electron chi connectivity index (χ1n) is 10.2. The summed E-state index contributed by atoms with van der Waals surface area (Å²) < 4.78 is 5.54. The van der Waals surface area contributed by atoms with Crippen LogP contribution >= 0.6 is 11.8 Å². The summed E-state index contributed by atoms with van der Waals surface area (Å²) in [6.07, 6.45) is 5.41. The lowest BCUT2D eigenvalue weighted by atomic mass is 10.0. The summed E-state index contributed by atoms with van der Waals surface area (Å²) in [4.78, 5) is 21.3. The maximum absolute atomic E-state index is 13.6. The zero-order chi connectivity index (χ0) is 21.9. The number of para-hydroxylation sites is 1. The van der Waals surface area contributed by atoms with Crippen molar-refractivity contribution in [2.45, 2.75) is 17.3 Å². The number of Topliss-reactive ketones (excluding diaryl/α,β-unsaturated/α-hetero) is 1. The molecule has 0 aliphatic heterocycles. The highest BCUT2D eigenvalue weighted by molar-refractivity contribution is 8.00. The van der Waals surface area contributed by atoms with E-state index in [0.29, 0.717) is 16.5 Å². The van der Waals surface area contributed by atoms with Gasteiger partial charge < -0.3 is 9.40 Å². The van der Waals surface area contributed by atoms with Gasteiger partial charge in [-0.2, -0.15) is 0 Å². The van der Waals surface area contributed by atoms with E-state index >= 15 is 0 Å². The van der Waals surface area contributed by atoms with Gasteiger partial charge in [0.05, 0.1) is 0 Å². The van der Waals surface area contributed by atoms with Gasteiger partial charge in [-0.1, -0.05) is 60.3 Å². The second-order valence-corrected chi connectivity index (χ2v) is 8.38. The number of nitrogens with zero attached hydrogens (tertiary/aromatic N) is 2. The molecular weight excluding hydrogens is 420 g/mol. The van der Waals surface area contributed by atoms with E-state index in [2.05, 4.69) is 20.2 Å². The Labute approximate surface area is 188 Å². The number of aromatic amines is 2. The van der Waals surface area contributed by atoms with Gasteiger partial charge in [0.15, 0.2) is 5.78 Å². The number of carbonyl (C=O) groups excluding carboxylic acids is 1. The lowest BCUT2D eigenvalue weighted by Crippen LogP contribution is -2.10. The number of hydrogen-bond acceptors (Lipinski definition) is 5. The summed E-state index contributed by atoms with van der Waals surface area (Å²) in [7, 11) is 0. The number of fused-ring (bicyclic) bond motifs is 1. The molecule has 0 aliphatic rings. The fourth-order valence-corrected chi connectivity index (χ4v) is 4.50. The summed E-state index contributed by atoms with van der Waals surface area (Å²) >= 11 is 1.33. The first-order valence-corrected chi connectivity index (χ1v) is 11.0. The number of rotatable bonds is 7. The molecule has 0 radical (unpaired) electrons. The Morgan fingerprint density at radius 3 is 2.66 bits per heavy atom. The van der Waals surface area contributed by atoms with E-state index in [9.17, 15) is 4.79 Å². The molecule has 0 amide bonds. The second kappa shape index (κ2) is 8.72. The van der Waals surface area contributed by atoms with Crippen LogP contribution in [0.3, 0.4) is 0 Å². The zero-order valence-corrected chi connectivity index (χ0v) is 18.1. The molecule has 0 spiro atoms. The third kappa shape index (κ3) is 4.15. The smallest absolute Gasteiger partial charge is 0.209 e. The van der Waals surface area contributed by atoms with Crippen molar-refractivity contribution < 1.29 is 9.21 Å². The van der Waals surface area contributed by atoms with Crippen molar-refractivity contribution in [2.24, 2.45) is 0 Å². The third-order valence-electron chi connectivity index (χ3n) is 5.07. The van der Waals surface area contributed by atoms with Gasteiger partial charge in [-0.3, -0.25) is 9.89 Å². The van der Waals surface area contributed by atoms with Crippen LogP contribution in [0.15, 0.2) is 82.5 Å². The Balaban J connectivity index is 1.43. The van der Waals surface area contributed by atoms with Crippen LogP contribution in [0.1, 0.15) is 38.5 Å². The monoisotopic (exact) mass is 440 g/mol. The molecule has 2 aromatic carbocycles. The van der Waals surface area contributed by atoms with Gasteiger partial charge >= 0.3 is 0 Å². The number of nitrogens with one attached hydrogen (secondary N) is 2. The van der Waals surface area contributed by atoms with Gasteiger partial charge in [-0.15, -0.1) is 5.10 Å². The molecule has 0 fully saturated rings. The Hall–Kier alpha value is -3.84. The molecule has 32 heavy (non-hydrogen) atoms. The number of H-pyrrole nitrogens is 2. The molecule has 0 saturated heterocycles. The Bertz CT molecular complexity index is 1400. The minimum atomic E-state index is -0.476. The molecule has 0 saturated carbocycles. The SMILES string of the molecule is Cc1ccc(/C=C/c2nc(SC(C(=O)c3c[nH]c4ccccc34)c3ccccc3)n[nH]2)o1. The summed E-state index contributed by atoms with van der Waals surface area (Å²) in [6, 6.07) is 21.3. The highest BCUT2D eigenvalue weighted by Gasteiger charge is 2.27. The number of benzene rings is 2. The van der Waals surface area contributed by atoms with Gasteiger partial charge in [-0.25, -0.2) is 4.98 Å². The quantitative estimate of drug-likeness (QED) is 0.237. The number of hydrogen-bond donors (Lipinski definition) is 2. The molecule has 5 rings (SSSR count). The molecular formula is C25H20N4O2S. The van der Waals surface area contributed by atoms with Gasteiger partial charge in [0.1, 0.15) is 22.6 Å². The average molecular weight is 441 g/mol. The Morgan fingerprint density at radius 2 is 1.84 bits per heavy atom. The van der Waals surface area contributed by atoms with Crippen molar-refractivity contribution in [2.75, 3.05) is 0 Å². The van der Waals surface area contributed by atoms with E-state index in [4.69, 9.17) is 4.42 Å². The van der Waals surface area contributed by atoms with E-state index in [1.54, 1.807) is 12.3 Å². The van der Waals surface area contributed by atoms with Gasteiger partial charge in [-0.05, 0) is 42.8 Å². The first kappa shape index (κ1) is 20.1. The second-order valence-electron chi connectivity index (χ2n) is 7.31. The highest BCUT2D eigenvalue weighted by atomic mass is 32.2. The molecule has 3 aromatic heterocycles. The number of aryl methyl sites for hydroxylation is 1. The summed E-state index contributed by atoms with van der Waals surface area (Å²) in [6.45, 7) is 1.90. The van der Waals surface area contributed by atoms with Crippen molar-refractivity contribution in [3.63, 3.8) is 0 Å². The summed E-state index contributed by atoms with van der Waals surface area (Å²) in [5, 5.41) is 8.16. The number of carbonyl (C=O) groups is 1. The van der Waals surface area contributed by atoms with Crippen molar-refractivity contribution >= 4 is 40.6 Å². The van der Waals surface area contributed by atoms with Gasteiger partial charge in [0, 0.05) is 22.7 Å². The van der Waals surface area contributed by atoms with Crippen LogP contribution in [-0.4, -0.2) is 25.9 Å². The maximum Gasteiger partial charge on any atom is 0.209 e. The molecule has 0 aliphatic carbocycles. The van der Waals surface area contributed by atoms with Crippen molar-refractivity contribution in [1.29, 1.82) is 0 Å². The Morgan fingerprint density at radius 1 is 1.03 bits per heavy atom. The average Bonchev–Trinajstić information content (AvgIpc) is 3.56.